The smallest absolute Gasteiger partial charge is 0.261 e. The lowest BCUT2D eigenvalue weighted by Gasteiger charge is -2.45. The van der Waals surface area contributed by atoms with Gasteiger partial charge in [0.2, 0.25) is 0 Å². The molecule has 1 aliphatic rings. The number of para-hydroxylation sites is 1. The molecule has 0 saturated carbocycles. The summed E-state index contributed by atoms with van der Waals surface area (Å²) >= 11 is 0. The van der Waals surface area contributed by atoms with E-state index in [1.807, 2.05) is 30.3 Å². The van der Waals surface area contributed by atoms with Gasteiger partial charge in [-0.3, -0.25) is 0 Å². The first kappa shape index (κ1) is 31.2. The summed E-state index contributed by atoms with van der Waals surface area (Å²) in [6, 6.07) is 31.7. The van der Waals surface area contributed by atoms with Crippen molar-refractivity contribution in [3.63, 3.8) is 0 Å². The van der Waals surface area contributed by atoms with Crippen LogP contribution in [0, 0.1) is 0 Å². The van der Waals surface area contributed by atoms with Crippen LogP contribution >= 0.6 is 0 Å². The average Bonchev–Trinajstić information content (AvgIpc) is 3.46. The van der Waals surface area contributed by atoms with Gasteiger partial charge in [-0.2, -0.15) is 0 Å². The van der Waals surface area contributed by atoms with Crippen molar-refractivity contribution in [1.29, 1.82) is 0 Å². The molecule has 4 nitrogen and oxygen atoms in total. The fourth-order valence-electron chi connectivity index (χ4n) is 5.94. The molecule has 0 aliphatic carbocycles. The van der Waals surface area contributed by atoms with Crippen LogP contribution in [0.2, 0.25) is 5.04 Å². The standard InChI is InChI=1S/C36H48O4Si/c1-5-6-7-8-18-26-36(38-28-29-39-36)27-25-32(30-37-31-19-12-9-13-20-31)40-41(35(2,3)4,33-21-14-10-15-22-33)34-23-16-11-17-24-34/h5-6,9-17,19-24,32H,7-8,18,25-30H2,1-4H3/b6-5+. The first-order chi connectivity index (χ1) is 19.9. The molecule has 1 fully saturated rings. The minimum atomic E-state index is -2.76. The van der Waals surface area contributed by atoms with E-state index >= 15 is 0 Å². The van der Waals surface area contributed by atoms with Gasteiger partial charge in [0.15, 0.2) is 5.79 Å². The van der Waals surface area contributed by atoms with E-state index in [1.54, 1.807) is 0 Å². The van der Waals surface area contributed by atoms with Gasteiger partial charge >= 0.3 is 0 Å². The molecule has 4 rings (SSSR count). The second-order valence-corrected chi connectivity index (χ2v) is 16.2. The van der Waals surface area contributed by atoms with E-state index < -0.39 is 14.1 Å². The van der Waals surface area contributed by atoms with Crippen molar-refractivity contribution in [2.75, 3.05) is 19.8 Å². The molecule has 0 bridgehead atoms. The van der Waals surface area contributed by atoms with E-state index in [9.17, 15) is 0 Å². The maximum absolute atomic E-state index is 7.55. The highest BCUT2D eigenvalue weighted by molar-refractivity contribution is 6.99. The van der Waals surface area contributed by atoms with Crippen LogP contribution in [0.1, 0.15) is 66.2 Å². The van der Waals surface area contributed by atoms with E-state index in [-0.39, 0.29) is 11.1 Å². The normalized spacial score (nSPS) is 16.2. The van der Waals surface area contributed by atoms with Crippen LogP contribution in [0.4, 0.5) is 0 Å². The highest BCUT2D eigenvalue weighted by Crippen LogP contribution is 2.39. The number of hydrogen-bond donors (Lipinski definition) is 0. The Balaban J connectivity index is 1.64. The van der Waals surface area contributed by atoms with Crippen LogP contribution in [0.25, 0.3) is 0 Å². The number of ether oxygens (including phenoxy) is 3. The fraction of sp³-hybridized carbons (Fsp3) is 0.444. The van der Waals surface area contributed by atoms with Crippen LogP contribution in [-0.4, -0.2) is 40.0 Å². The Kier molecular flexibility index (Phi) is 11.4. The van der Waals surface area contributed by atoms with Gasteiger partial charge in [0.25, 0.3) is 8.32 Å². The summed E-state index contributed by atoms with van der Waals surface area (Å²) in [7, 11) is -2.76. The SMILES string of the molecule is C/C=C/CCCCC1(CCC(COc2ccccc2)O[Si](c2ccccc2)(c2ccccc2)C(C)(C)C)OCCO1. The zero-order chi connectivity index (χ0) is 29.0. The minimum absolute atomic E-state index is 0.119. The number of allylic oxidation sites excluding steroid dienone is 2. The Bertz CT molecular complexity index is 1130. The molecule has 0 amide bonds. The van der Waals surface area contributed by atoms with Gasteiger partial charge in [0.05, 0.1) is 19.3 Å². The predicted molar refractivity (Wildman–Crippen MR) is 172 cm³/mol. The third kappa shape index (κ3) is 8.20. The maximum atomic E-state index is 7.55. The number of hydrogen-bond acceptors (Lipinski definition) is 4. The van der Waals surface area contributed by atoms with Gasteiger partial charge in [0.1, 0.15) is 12.4 Å². The highest BCUT2D eigenvalue weighted by atomic mass is 28.4. The molecule has 0 N–H and O–H groups in total. The van der Waals surface area contributed by atoms with Gasteiger partial charge in [-0.15, -0.1) is 0 Å². The first-order valence-corrected chi connectivity index (χ1v) is 17.2. The second kappa shape index (κ2) is 15.0. The summed E-state index contributed by atoms with van der Waals surface area (Å²) in [6.07, 6.45) is 9.98. The molecule has 0 radical (unpaired) electrons. The molecule has 41 heavy (non-hydrogen) atoms. The van der Waals surface area contributed by atoms with Gasteiger partial charge < -0.3 is 18.6 Å². The lowest BCUT2D eigenvalue weighted by molar-refractivity contribution is -0.171. The van der Waals surface area contributed by atoms with E-state index in [2.05, 4.69) is 101 Å². The first-order valence-electron chi connectivity index (χ1n) is 15.2. The lowest BCUT2D eigenvalue weighted by Crippen LogP contribution is -2.68. The fourth-order valence-corrected chi connectivity index (χ4v) is 10.6. The molecule has 1 atom stereocenters. The van der Waals surface area contributed by atoms with Crippen molar-refractivity contribution in [3.8, 4) is 5.75 Å². The monoisotopic (exact) mass is 572 g/mol. The second-order valence-electron chi connectivity index (χ2n) is 12.0. The van der Waals surface area contributed by atoms with Crippen molar-refractivity contribution < 1.29 is 18.6 Å². The molecular weight excluding hydrogens is 524 g/mol. The van der Waals surface area contributed by atoms with Crippen LogP contribution in [0.5, 0.6) is 5.75 Å². The highest BCUT2D eigenvalue weighted by Gasteiger charge is 2.51. The van der Waals surface area contributed by atoms with E-state index in [4.69, 9.17) is 18.6 Å². The molecular formula is C36H48O4Si. The lowest BCUT2D eigenvalue weighted by atomic mass is 10.0. The van der Waals surface area contributed by atoms with Crippen molar-refractivity contribution in [1.82, 2.24) is 0 Å². The van der Waals surface area contributed by atoms with Gasteiger partial charge in [-0.05, 0) is 60.2 Å². The third-order valence-corrected chi connectivity index (χ3v) is 13.1. The van der Waals surface area contributed by atoms with Crippen molar-refractivity contribution >= 4 is 18.7 Å². The van der Waals surface area contributed by atoms with Crippen LogP contribution in [0.3, 0.4) is 0 Å². The zero-order valence-corrected chi connectivity index (χ0v) is 26.4. The maximum Gasteiger partial charge on any atom is 0.261 e. The summed E-state index contributed by atoms with van der Waals surface area (Å²) in [5.41, 5.74) is 0. The quantitative estimate of drug-likeness (QED) is 0.106. The van der Waals surface area contributed by atoms with Crippen LogP contribution < -0.4 is 15.1 Å². The molecule has 1 saturated heterocycles. The van der Waals surface area contributed by atoms with Crippen molar-refractivity contribution in [2.45, 2.75) is 83.1 Å². The molecule has 5 heteroatoms. The average molecular weight is 573 g/mol. The largest absolute Gasteiger partial charge is 0.491 e. The van der Waals surface area contributed by atoms with Crippen LogP contribution in [0.15, 0.2) is 103 Å². The molecule has 1 heterocycles. The topological polar surface area (TPSA) is 36.9 Å². The summed E-state index contributed by atoms with van der Waals surface area (Å²) < 4.78 is 26.5. The molecule has 3 aromatic carbocycles. The Morgan fingerprint density at radius 3 is 1.90 bits per heavy atom. The molecule has 0 spiro atoms. The van der Waals surface area contributed by atoms with Gasteiger partial charge in [-0.1, -0.05) is 112 Å². The Morgan fingerprint density at radius 1 is 0.805 bits per heavy atom. The van der Waals surface area contributed by atoms with Gasteiger partial charge in [-0.25, -0.2) is 0 Å². The number of unbranched alkanes of at least 4 members (excludes halogenated alkanes) is 2. The molecule has 0 aromatic heterocycles. The predicted octanol–water partition coefficient (Wildman–Crippen LogP) is 7.67. The molecule has 1 aliphatic heterocycles. The molecule has 3 aromatic rings. The van der Waals surface area contributed by atoms with Gasteiger partial charge in [0, 0.05) is 12.8 Å². The molecule has 1 unspecified atom stereocenters. The Labute approximate surface area is 248 Å². The zero-order valence-electron chi connectivity index (χ0n) is 25.4. The Morgan fingerprint density at radius 2 is 1.37 bits per heavy atom. The summed E-state index contributed by atoms with van der Waals surface area (Å²) in [5.74, 6) is 0.311. The molecule has 220 valence electrons. The number of benzene rings is 3. The summed E-state index contributed by atoms with van der Waals surface area (Å²) in [4.78, 5) is 0. The van der Waals surface area contributed by atoms with Crippen molar-refractivity contribution in [3.05, 3.63) is 103 Å². The summed E-state index contributed by atoms with van der Waals surface area (Å²) in [5, 5.41) is 2.43. The third-order valence-electron chi connectivity index (χ3n) is 8.01. The number of rotatable bonds is 15. The summed E-state index contributed by atoms with van der Waals surface area (Å²) in [6.45, 7) is 10.8. The Hall–Kier alpha value is -2.70. The van der Waals surface area contributed by atoms with E-state index in [0.29, 0.717) is 19.8 Å². The minimum Gasteiger partial charge on any atom is -0.491 e. The van der Waals surface area contributed by atoms with E-state index in [0.717, 1.165) is 44.3 Å². The van der Waals surface area contributed by atoms with Crippen LogP contribution in [-0.2, 0) is 13.9 Å². The van der Waals surface area contributed by atoms with Crippen molar-refractivity contribution in [2.24, 2.45) is 0 Å². The van der Waals surface area contributed by atoms with E-state index in [1.165, 1.54) is 10.4 Å².